The van der Waals surface area contributed by atoms with E-state index in [1.807, 2.05) is 30.3 Å². The average molecular weight is 418 g/mol. The third kappa shape index (κ3) is 3.88. The van der Waals surface area contributed by atoms with Crippen molar-refractivity contribution in [3.05, 3.63) is 71.9 Å². The van der Waals surface area contributed by atoms with Crippen LogP contribution in [0.4, 0.5) is 15.9 Å². The largest absolute Gasteiger partial charge is 0.378 e. The molecule has 1 fully saturated rings. The second kappa shape index (κ2) is 8.43. The van der Waals surface area contributed by atoms with Gasteiger partial charge in [-0.15, -0.1) is 0 Å². The van der Waals surface area contributed by atoms with Crippen LogP contribution in [0.3, 0.4) is 0 Å². The third-order valence-electron chi connectivity index (χ3n) is 5.83. The lowest BCUT2D eigenvalue weighted by Gasteiger charge is -2.27. The maximum Gasteiger partial charge on any atom is 0.234 e. The maximum absolute atomic E-state index is 14.4. The predicted octanol–water partition coefficient (Wildman–Crippen LogP) is 3.25. The zero-order valence-corrected chi connectivity index (χ0v) is 17.1. The fourth-order valence-electron chi connectivity index (χ4n) is 4.30. The van der Waals surface area contributed by atoms with Crippen LogP contribution in [0.1, 0.15) is 11.4 Å². The van der Waals surface area contributed by atoms with Crippen LogP contribution in [-0.2, 0) is 22.4 Å². The molecule has 3 aromatic rings. The van der Waals surface area contributed by atoms with E-state index in [-0.39, 0.29) is 18.1 Å². The Hall–Kier alpha value is -3.32. The summed E-state index contributed by atoms with van der Waals surface area (Å²) in [5.41, 5.74) is 3.26. The van der Waals surface area contributed by atoms with E-state index in [1.54, 1.807) is 23.2 Å². The van der Waals surface area contributed by atoms with Gasteiger partial charge in [-0.3, -0.25) is 4.79 Å². The van der Waals surface area contributed by atoms with Gasteiger partial charge in [0.15, 0.2) is 0 Å². The first-order valence-electron chi connectivity index (χ1n) is 10.5. The van der Waals surface area contributed by atoms with Crippen LogP contribution in [0.15, 0.2) is 54.7 Å². The number of amides is 1. The number of nitrogens with zero attached hydrogens (tertiary/aromatic N) is 4. The maximum atomic E-state index is 14.4. The van der Waals surface area contributed by atoms with Crippen molar-refractivity contribution in [3.63, 3.8) is 0 Å². The summed E-state index contributed by atoms with van der Waals surface area (Å²) in [6.07, 6.45) is 2.52. The second-order valence-corrected chi connectivity index (χ2v) is 7.69. The van der Waals surface area contributed by atoms with Crippen LogP contribution in [0.25, 0.3) is 11.1 Å². The molecular formula is C24H23FN4O2. The number of halogens is 1. The minimum Gasteiger partial charge on any atom is -0.378 e. The standard InChI is InChI=1S/C24H23FN4O2/c25-20-6-2-1-4-18(20)17-5-3-7-21-19(17)9-11-29(21)24(30)16-22-26-10-8-23(27-22)28-12-14-31-15-13-28/h1-8,10H,9,11-16H2. The van der Waals surface area contributed by atoms with Gasteiger partial charge in [-0.25, -0.2) is 14.4 Å². The Morgan fingerprint density at radius 2 is 1.81 bits per heavy atom. The summed E-state index contributed by atoms with van der Waals surface area (Å²) < 4.78 is 19.8. The molecular weight excluding hydrogens is 395 g/mol. The van der Waals surface area contributed by atoms with Gasteiger partial charge < -0.3 is 14.5 Å². The van der Waals surface area contributed by atoms with Gasteiger partial charge in [0.2, 0.25) is 5.91 Å². The van der Waals surface area contributed by atoms with Crippen molar-refractivity contribution in [2.75, 3.05) is 42.6 Å². The van der Waals surface area contributed by atoms with Gasteiger partial charge in [0.05, 0.1) is 19.6 Å². The van der Waals surface area contributed by atoms with Gasteiger partial charge in [0.1, 0.15) is 17.5 Å². The highest BCUT2D eigenvalue weighted by Gasteiger charge is 2.28. The molecule has 158 valence electrons. The first-order chi connectivity index (χ1) is 15.2. The molecule has 1 saturated heterocycles. The minimum absolute atomic E-state index is 0.0523. The quantitative estimate of drug-likeness (QED) is 0.651. The minimum atomic E-state index is -0.256. The van der Waals surface area contributed by atoms with Crippen LogP contribution in [0.5, 0.6) is 0 Å². The lowest BCUT2D eigenvalue weighted by atomic mass is 9.97. The highest BCUT2D eigenvalue weighted by Crippen LogP contribution is 2.37. The van der Waals surface area contributed by atoms with E-state index in [2.05, 4.69) is 14.9 Å². The topological polar surface area (TPSA) is 58.6 Å². The number of carbonyl (C=O) groups is 1. The van der Waals surface area contributed by atoms with Gasteiger partial charge in [-0.1, -0.05) is 30.3 Å². The Morgan fingerprint density at radius 1 is 1.00 bits per heavy atom. The molecule has 5 rings (SSSR count). The molecule has 2 aliphatic heterocycles. The number of anilines is 2. The number of morpholine rings is 1. The fourth-order valence-corrected chi connectivity index (χ4v) is 4.30. The van der Waals surface area contributed by atoms with Crippen molar-refractivity contribution < 1.29 is 13.9 Å². The molecule has 0 aliphatic carbocycles. The summed E-state index contributed by atoms with van der Waals surface area (Å²) in [6, 6.07) is 14.3. The molecule has 0 unspecified atom stereocenters. The fraction of sp³-hybridized carbons (Fsp3) is 0.292. The molecule has 2 aromatic carbocycles. The molecule has 1 amide bonds. The van der Waals surface area contributed by atoms with Crippen LogP contribution in [0, 0.1) is 5.82 Å². The van der Waals surface area contributed by atoms with Crippen molar-refractivity contribution >= 4 is 17.4 Å². The van der Waals surface area contributed by atoms with Gasteiger partial charge in [0, 0.05) is 37.1 Å². The van der Waals surface area contributed by atoms with Gasteiger partial charge in [-0.05, 0) is 35.7 Å². The summed E-state index contributed by atoms with van der Waals surface area (Å²) in [6.45, 7) is 3.48. The number of hydrogen-bond acceptors (Lipinski definition) is 5. The zero-order chi connectivity index (χ0) is 21.2. The number of ether oxygens (including phenoxy) is 1. The molecule has 1 aromatic heterocycles. The summed E-state index contributed by atoms with van der Waals surface area (Å²) in [5.74, 6) is 1.02. The number of aromatic nitrogens is 2. The van der Waals surface area contributed by atoms with E-state index in [1.165, 1.54) is 6.07 Å². The zero-order valence-electron chi connectivity index (χ0n) is 17.1. The molecule has 2 aliphatic rings. The Balaban J connectivity index is 1.37. The second-order valence-electron chi connectivity index (χ2n) is 7.69. The van der Waals surface area contributed by atoms with Crippen LogP contribution in [0.2, 0.25) is 0 Å². The van der Waals surface area contributed by atoms with E-state index in [9.17, 15) is 9.18 Å². The monoisotopic (exact) mass is 418 g/mol. The first-order valence-corrected chi connectivity index (χ1v) is 10.5. The van der Waals surface area contributed by atoms with Crippen LogP contribution in [-0.4, -0.2) is 48.7 Å². The van der Waals surface area contributed by atoms with Gasteiger partial charge >= 0.3 is 0 Å². The average Bonchev–Trinajstić information content (AvgIpc) is 3.25. The van der Waals surface area contributed by atoms with Crippen molar-refractivity contribution in [1.82, 2.24) is 9.97 Å². The Labute approximate surface area is 180 Å². The summed E-state index contributed by atoms with van der Waals surface area (Å²) in [5, 5.41) is 0. The number of carbonyl (C=O) groups excluding carboxylic acids is 1. The summed E-state index contributed by atoms with van der Waals surface area (Å²) in [7, 11) is 0. The van der Waals surface area contributed by atoms with Gasteiger partial charge in [0.25, 0.3) is 0 Å². The number of benzene rings is 2. The Bertz CT molecular complexity index is 1110. The van der Waals surface area contributed by atoms with E-state index in [0.717, 1.165) is 35.7 Å². The lowest BCUT2D eigenvalue weighted by Crippen LogP contribution is -2.37. The molecule has 0 saturated carbocycles. The predicted molar refractivity (Wildman–Crippen MR) is 117 cm³/mol. The molecule has 0 radical (unpaired) electrons. The SMILES string of the molecule is O=C(Cc1nccc(N2CCOCC2)n1)N1CCc2c(-c3ccccc3F)cccc21. The van der Waals surface area contributed by atoms with Crippen molar-refractivity contribution in [3.8, 4) is 11.1 Å². The molecule has 3 heterocycles. The smallest absolute Gasteiger partial charge is 0.234 e. The lowest BCUT2D eigenvalue weighted by molar-refractivity contribution is -0.118. The first kappa shape index (κ1) is 19.6. The molecule has 7 heteroatoms. The normalized spacial score (nSPS) is 15.8. The number of hydrogen-bond donors (Lipinski definition) is 0. The number of rotatable bonds is 4. The highest BCUT2D eigenvalue weighted by molar-refractivity contribution is 5.98. The number of fused-ring (bicyclic) bond motifs is 1. The van der Waals surface area contributed by atoms with E-state index in [4.69, 9.17) is 4.74 Å². The highest BCUT2D eigenvalue weighted by atomic mass is 19.1. The summed E-state index contributed by atoms with van der Waals surface area (Å²) >= 11 is 0. The van der Waals surface area contributed by atoms with Crippen LogP contribution < -0.4 is 9.80 Å². The molecule has 0 bridgehead atoms. The van der Waals surface area contributed by atoms with Gasteiger partial charge in [-0.2, -0.15) is 0 Å². The molecule has 0 atom stereocenters. The molecule has 0 spiro atoms. The van der Waals surface area contributed by atoms with Crippen LogP contribution >= 0.6 is 0 Å². The molecule has 0 N–H and O–H groups in total. The van der Waals surface area contributed by atoms with Crippen molar-refractivity contribution in [2.45, 2.75) is 12.8 Å². The van der Waals surface area contributed by atoms with E-state index in [0.29, 0.717) is 37.6 Å². The van der Waals surface area contributed by atoms with E-state index >= 15 is 0 Å². The van der Waals surface area contributed by atoms with Crippen molar-refractivity contribution in [2.24, 2.45) is 0 Å². The van der Waals surface area contributed by atoms with Crippen molar-refractivity contribution in [1.29, 1.82) is 0 Å². The third-order valence-corrected chi connectivity index (χ3v) is 5.83. The van der Waals surface area contributed by atoms with E-state index < -0.39 is 0 Å². The Morgan fingerprint density at radius 3 is 2.65 bits per heavy atom. The summed E-state index contributed by atoms with van der Waals surface area (Å²) in [4.78, 5) is 25.9. The molecule has 31 heavy (non-hydrogen) atoms. The molecule has 6 nitrogen and oxygen atoms in total. The Kier molecular flexibility index (Phi) is 5.34.